The molecular formula is C12H14FNOS. The normalized spacial score (nSPS) is 14.9. The molecule has 1 saturated carbocycles. The van der Waals surface area contributed by atoms with Gasteiger partial charge >= 0.3 is 0 Å². The van der Waals surface area contributed by atoms with Gasteiger partial charge < -0.3 is 5.32 Å². The van der Waals surface area contributed by atoms with Gasteiger partial charge in [0.2, 0.25) is 0 Å². The minimum atomic E-state index is -0.333. The molecule has 0 radical (unpaired) electrons. The Bertz CT molecular complexity index is 429. The Labute approximate surface area is 99.6 Å². The van der Waals surface area contributed by atoms with E-state index < -0.39 is 0 Å². The molecule has 0 spiro atoms. The summed E-state index contributed by atoms with van der Waals surface area (Å²) in [6.07, 6.45) is 2.03. The summed E-state index contributed by atoms with van der Waals surface area (Å²) in [6.45, 7) is 2.13. The Morgan fingerprint density at radius 2 is 2.25 bits per heavy atom. The number of aryl methyl sites for hydroxylation is 1. The number of carbonyl (C=O) groups is 1. The van der Waals surface area contributed by atoms with Crippen LogP contribution in [-0.2, 0) is 4.79 Å². The molecule has 1 N–H and O–H groups in total. The third-order valence-electron chi connectivity index (χ3n) is 2.78. The number of hydrogen-bond acceptors (Lipinski definition) is 3. The number of hydrogen-bond donors (Lipinski definition) is 2. The number of nitrogens with one attached hydrogen (secondary N) is 1. The zero-order valence-corrected chi connectivity index (χ0v) is 9.98. The molecule has 2 rings (SSSR count). The van der Waals surface area contributed by atoms with Gasteiger partial charge in [-0.3, -0.25) is 4.79 Å². The van der Waals surface area contributed by atoms with E-state index in [0.717, 1.165) is 24.1 Å². The Hall–Kier alpha value is -1.03. The van der Waals surface area contributed by atoms with Crippen molar-refractivity contribution in [2.75, 3.05) is 11.9 Å². The average Bonchev–Trinajstić information content (AvgIpc) is 3.04. The summed E-state index contributed by atoms with van der Waals surface area (Å²) in [6, 6.07) is 3.04. The molecule has 1 aromatic carbocycles. The fraction of sp³-hybridized carbons (Fsp3) is 0.417. The van der Waals surface area contributed by atoms with Gasteiger partial charge in [0.05, 0.1) is 6.54 Å². The van der Waals surface area contributed by atoms with Crippen LogP contribution in [0.15, 0.2) is 17.0 Å². The molecule has 1 fully saturated rings. The number of carbonyl (C=O) groups excluding carboxylic acids is 1. The summed E-state index contributed by atoms with van der Waals surface area (Å²) in [7, 11) is 0. The number of thiol groups is 1. The molecule has 0 amide bonds. The standard InChI is InChI=1S/C12H14FNOS/c1-7-4-9(13)12(16)5-10(7)14-6-11(15)8-2-3-8/h4-5,8,14,16H,2-3,6H2,1H3. The van der Waals surface area contributed by atoms with Gasteiger partial charge in [-0.15, -0.1) is 12.6 Å². The van der Waals surface area contributed by atoms with Gasteiger partial charge in [0.25, 0.3) is 0 Å². The Morgan fingerprint density at radius 1 is 1.56 bits per heavy atom. The van der Waals surface area contributed by atoms with Crippen molar-refractivity contribution < 1.29 is 9.18 Å². The maximum atomic E-state index is 13.1. The fourth-order valence-electron chi connectivity index (χ4n) is 1.58. The van der Waals surface area contributed by atoms with Crippen molar-refractivity contribution in [2.24, 2.45) is 5.92 Å². The second-order valence-electron chi connectivity index (χ2n) is 4.21. The van der Waals surface area contributed by atoms with E-state index in [2.05, 4.69) is 17.9 Å². The van der Waals surface area contributed by atoms with E-state index in [1.807, 2.05) is 0 Å². The summed E-state index contributed by atoms with van der Waals surface area (Å²) in [5.74, 6) is 0.160. The highest BCUT2D eigenvalue weighted by molar-refractivity contribution is 7.80. The number of Topliss-reactive ketones (excluding diaryl/α,β-unsaturated/α-hetero) is 1. The minimum Gasteiger partial charge on any atom is -0.378 e. The van der Waals surface area contributed by atoms with Crippen molar-refractivity contribution in [1.82, 2.24) is 0 Å². The lowest BCUT2D eigenvalue weighted by Crippen LogP contribution is -2.15. The van der Waals surface area contributed by atoms with Gasteiger partial charge in [-0.05, 0) is 37.5 Å². The number of benzene rings is 1. The fourth-order valence-corrected chi connectivity index (χ4v) is 1.78. The van der Waals surface area contributed by atoms with Crippen LogP contribution in [0.4, 0.5) is 10.1 Å². The van der Waals surface area contributed by atoms with Gasteiger partial charge in [0, 0.05) is 16.5 Å². The van der Waals surface area contributed by atoms with Gasteiger partial charge in [-0.1, -0.05) is 0 Å². The van der Waals surface area contributed by atoms with E-state index >= 15 is 0 Å². The summed E-state index contributed by atoms with van der Waals surface area (Å²) < 4.78 is 13.1. The number of halogens is 1. The molecule has 4 heteroatoms. The highest BCUT2D eigenvalue weighted by atomic mass is 32.1. The third-order valence-corrected chi connectivity index (χ3v) is 3.12. The van der Waals surface area contributed by atoms with Crippen LogP contribution in [0, 0.1) is 18.7 Å². The molecule has 1 aliphatic carbocycles. The van der Waals surface area contributed by atoms with Crippen molar-refractivity contribution in [1.29, 1.82) is 0 Å². The molecule has 0 aliphatic heterocycles. The molecule has 2 nitrogen and oxygen atoms in total. The molecular weight excluding hydrogens is 225 g/mol. The first-order valence-electron chi connectivity index (χ1n) is 5.33. The van der Waals surface area contributed by atoms with E-state index in [1.54, 1.807) is 13.0 Å². The highest BCUT2D eigenvalue weighted by Gasteiger charge is 2.28. The highest BCUT2D eigenvalue weighted by Crippen LogP contribution is 2.30. The van der Waals surface area contributed by atoms with Crippen molar-refractivity contribution in [3.63, 3.8) is 0 Å². The van der Waals surface area contributed by atoms with Crippen molar-refractivity contribution >= 4 is 24.1 Å². The topological polar surface area (TPSA) is 29.1 Å². The second-order valence-corrected chi connectivity index (χ2v) is 4.69. The summed E-state index contributed by atoms with van der Waals surface area (Å²) >= 11 is 4.01. The van der Waals surface area contributed by atoms with E-state index in [4.69, 9.17) is 0 Å². The molecule has 0 bridgehead atoms. The largest absolute Gasteiger partial charge is 0.378 e. The minimum absolute atomic E-state index is 0.240. The van der Waals surface area contributed by atoms with E-state index in [9.17, 15) is 9.18 Å². The van der Waals surface area contributed by atoms with Crippen LogP contribution in [0.5, 0.6) is 0 Å². The maximum absolute atomic E-state index is 13.1. The SMILES string of the molecule is Cc1cc(F)c(S)cc1NCC(=O)C1CC1. The van der Waals surface area contributed by atoms with Crippen LogP contribution in [0.2, 0.25) is 0 Å². The molecule has 0 aromatic heterocycles. The van der Waals surface area contributed by atoms with Gasteiger partial charge in [-0.2, -0.15) is 0 Å². The van der Waals surface area contributed by atoms with Crippen LogP contribution in [-0.4, -0.2) is 12.3 Å². The molecule has 0 atom stereocenters. The molecule has 0 saturated heterocycles. The van der Waals surface area contributed by atoms with Crippen LogP contribution < -0.4 is 5.32 Å². The Balaban J connectivity index is 2.03. The molecule has 16 heavy (non-hydrogen) atoms. The Kier molecular flexibility index (Phi) is 3.19. The molecule has 86 valence electrons. The van der Waals surface area contributed by atoms with Crippen LogP contribution >= 0.6 is 12.6 Å². The van der Waals surface area contributed by atoms with Crippen molar-refractivity contribution in [3.05, 3.63) is 23.5 Å². The lowest BCUT2D eigenvalue weighted by molar-refractivity contribution is -0.118. The first kappa shape index (κ1) is 11.5. The summed E-state index contributed by atoms with van der Waals surface area (Å²) in [5.41, 5.74) is 1.57. The quantitative estimate of drug-likeness (QED) is 0.791. The third kappa shape index (κ3) is 2.55. The second kappa shape index (κ2) is 4.45. The summed E-state index contributed by atoms with van der Waals surface area (Å²) in [4.78, 5) is 11.8. The van der Waals surface area contributed by atoms with Crippen molar-refractivity contribution in [2.45, 2.75) is 24.7 Å². The lowest BCUT2D eigenvalue weighted by atomic mass is 10.2. The van der Waals surface area contributed by atoms with Crippen molar-refractivity contribution in [3.8, 4) is 0 Å². The number of ketones is 1. The zero-order chi connectivity index (χ0) is 11.7. The van der Waals surface area contributed by atoms with Crippen LogP contribution in [0.1, 0.15) is 18.4 Å². The van der Waals surface area contributed by atoms with Gasteiger partial charge in [0.1, 0.15) is 5.82 Å². The number of rotatable bonds is 4. The first-order chi connectivity index (χ1) is 7.58. The summed E-state index contributed by atoms with van der Waals surface area (Å²) in [5, 5.41) is 3.04. The average molecular weight is 239 g/mol. The smallest absolute Gasteiger partial charge is 0.154 e. The van der Waals surface area contributed by atoms with Gasteiger partial charge in [-0.25, -0.2) is 4.39 Å². The predicted molar refractivity (Wildman–Crippen MR) is 64.6 cm³/mol. The molecule has 1 aromatic rings. The maximum Gasteiger partial charge on any atom is 0.154 e. The van der Waals surface area contributed by atoms with E-state index in [0.29, 0.717) is 11.4 Å². The zero-order valence-electron chi connectivity index (χ0n) is 9.09. The monoisotopic (exact) mass is 239 g/mol. The van der Waals surface area contributed by atoms with Crippen LogP contribution in [0.3, 0.4) is 0 Å². The molecule has 0 unspecified atom stereocenters. The Morgan fingerprint density at radius 3 is 2.88 bits per heavy atom. The van der Waals surface area contributed by atoms with Crippen LogP contribution in [0.25, 0.3) is 0 Å². The molecule has 1 aliphatic rings. The lowest BCUT2D eigenvalue weighted by Gasteiger charge is -2.10. The predicted octanol–water partition coefficient (Wildman–Crippen LogP) is 2.81. The molecule has 0 heterocycles. The van der Waals surface area contributed by atoms with E-state index in [-0.39, 0.29) is 17.5 Å². The van der Waals surface area contributed by atoms with Gasteiger partial charge in [0.15, 0.2) is 5.78 Å². The van der Waals surface area contributed by atoms with E-state index in [1.165, 1.54) is 6.07 Å². The number of anilines is 1. The first-order valence-corrected chi connectivity index (χ1v) is 5.78.